The Morgan fingerprint density at radius 3 is 2.80 bits per heavy atom. The maximum atomic E-state index is 11.5. The summed E-state index contributed by atoms with van der Waals surface area (Å²) in [4.78, 5) is 11.5. The summed E-state index contributed by atoms with van der Waals surface area (Å²) in [6.07, 6.45) is 7.86. The van der Waals surface area contributed by atoms with Crippen LogP contribution in [0.5, 0.6) is 0 Å². The van der Waals surface area contributed by atoms with Crippen LogP contribution >= 0.6 is 0 Å². The summed E-state index contributed by atoms with van der Waals surface area (Å²) < 4.78 is 5.92. The average molecular weight is 365 g/mol. The molecule has 0 fully saturated rings. The van der Waals surface area contributed by atoms with Crippen molar-refractivity contribution in [3.63, 3.8) is 0 Å². The van der Waals surface area contributed by atoms with Crippen molar-refractivity contribution in [2.45, 2.75) is 64.7 Å². The molecule has 5 nitrogen and oxygen atoms in total. The smallest absolute Gasteiger partial charge is 0.357 e. The van der Waals surface area contributed by atoms with Gasteiger partial charge in [-0.1, -0.05) is 51.9 Å². The largest absolute Gasteiger partial charge is 0.476 e. The molecule has 1 heterocycles. The number of allylic oxidation sites excluding steroid dienone is 1. The molecule has 0 aliphatic heterocycles. The van der Waals surface area contributed by atoms with Crippen LogP contribution in [0.1, 0.15) is 54.4 Å². The van der Waals surface area contributed by atoms with Gasteiger partial charge in [-0.2, -0.15) is 5.10 Å². The monoisotopic (exact) mass is 364 g/mol. The molecule has 1 aromatic heterocycles. The molecule has 1 atom stereocenters. The van der Waals surface area contributed by atoms with Gasteiger partial charge in [0, 0.05) is 25.9 Å². The Labute approximate surface area is 151 Å². The number of carboxylic acid groups (broad SMARTS) is 1. The van der Waals surface area contributed by atoms with E-state index in [2.05, 4.69) is 42.8 Å². The Hall–Kier alpha value is -1.40. The number of carboxylic acids is 1. The maximum absolute atomic E-state index is 11.5. The molecule has 0 radical (unpaired) electrons. The standard InChI is InChI=1S/C19H32N2O3Si/c1-5-6-7-8-14-11-15(13-24-9-10-25(2,3)4)17-16(12-14)20-21-18(17)19(22)23/h11,14H,5-10,12-13H2,1-4H3,(H,20,21)(H,22,23). The second-order valence-corrected chi connectivity index (χ2v) is 13.9. The lowest BCUT2D eigenvalue weighted by molar-refractivity contribution is 0.0690. The lowest BCUT2D eigenvalue weighted by atomic mass is 9.85. The van der Waals surface area contributed by atoms with E-state index in [0.29, 0.717) is 12.5 Å². The Morgan fingerprint density at radius 1 is 1.40 bits per heavy atom. The molecule has 140 valence electrons. The van der Waals surface area contributed by atoms with Gasteiger partial charge < -0.3 is 9.84 Å². The average Bonchev–Trinajstić information content (AvgIpc) is 2.95. The molecule has 1 aromatic rings. The fraction of sp³-hybridized carbons (Fsp3) is 0.684. The molecule has 0 spiro atoms. The van der Waals surface area contributed by atoms with Crippen molar-refractivity contribution < 1.29 is 14.6 Å². The number of nitrogens with zero attached hydrogens (tertiary/aromatic N) is 1. The predicted molar refractivity (Wildman–Crippen MR) is 104 cm³/mol. The first kappa shape index (κ1) is 19.9. The van der Waals surface area contributed by atoms with Crippen LogP contribution in [0, 0.1) is 5.92 Å². The second kappa shape index (κ2) is 8.81. The summed E-state index contributed by atoms with van der Waals surface area (Å²) >= 11 is 0. The van der Waals surface area contributed by atoms with Crippen LogP contribution in [0.3, 0.4) is 0 Å². The van der Waals surface area contributed by atoms with Crippen molar-refractivity contribution in [2.24, 2.45) is 5.92 Å². The highest BCUT2D eigenvalue weighted by molar-refractivity contribution is 6.76. The van der Waals surface area contributed by atoms with Gasteiger partial charge in [0.15, 0.2) is 5.69 Å². The third kappa shape index (κ3) is 5.82. The molecular weight excluding hydrogens is 332 g/mol. The SMILES string of the molecule is CCCCCC1C=C(COCC[Si](C)(C)C)c2c(C(=O)O)n[nH]c2C1. The molecule has 1 aliphatic rings. The summed E-state index contributed by atoms with van der Waals surface area (Å²) in [5, 5.41) is 16.4. The summed E-state index contributed by atoms with van der Waals surface area (Å²) in [6, 6.07) is 1.12. The third-order valence-electron chi connectivity index (χ3n) is 4.70. The lowest BCUT2D eigenvalue weighted by Crippen LogP contribution is -2.22. The molecule has 6 heteroatoms. The Kier molecular flexibility index (Phi) is 7.01. The maximum Gasteiger partial charge on any atom is 0.357 e. The van der Waals surface area contributed by atoms with Gasteiger partial charge in [0.2, 0.25) is 0 Å². The summed E-state index contributed by atoms with van der Waals surface area (Å²) in [7, 11) is -1.12. The number of aromatic nitrogens is 2. The van der Waals surface area contributed by atoms with Crippen molar-refractivity contribution in [1.29, 1.82) is 0 Å². The summed E-state index contributed by atoms with van der Waals surface area (Å²) in [5.41, 5.74) is 2.82. The van der Waals surface area contributed by atoms with Crippen LogP contribution in [0.2, 0.25) is 25.7 Å². The fourth-order valence-electron chi connectivity index (χ4n) is 3.24. The van der Waals surface area contributed by atoms with Gasteiger partial charge in [-0.05, 0) is 30.4 Å². The van der Waals surface area contributed by atoms with E-state index in [1.165, 1.54) is 19.3 Å². The third-order valence-corrected chi connectivity index (χ3v) is 6.40. The highest BCUT2D eigenvalue weighted by atomic mass is 28.3. The van der Waals surface area contributed by atoms with Crippen molar-refractivity contribution in [3.05, 3.63) is 23.0 Å². The quantitative estimate of drug-likeness (QED) is 0.470. The Balaban J connectivity index is 2.10. The van der Waals surface area contributed by atoms with Gasteiger partial charge in [-0.15, -0.1) is 0 Å². The number of aromatic amines is 1. The van der Waals surface area contributed by atoms with Crippen LogP contribution < -0.4 is 0 Å². The number of fused-ring (bicyclic) bond motifs is 1. The normalized spacial score (nSPS) is 17.3. The van der Waals surface area contributed by atoms with E-state index in [0.717, 1.165) is 42.3 Å². The van der Waals surface area contributed by atoms with Crippen LogP contribution in [0.25, 0.3) is 5.57 Å². The molecule has 1 aliphatic carbocycles. The molecule has 2 rings (SSSR count). The van der Waals surface area contributed by atoms with Gasteiger partial charge in [0.1, 0.15) is 0 Å². The van der Waals surface area contributed by atoms with E-state index in [1.807, 2.05) is 0 Å². The molecule has 1 unspecified atom stereocenters. The van der Waals surface area contributed by atoms with Crippen molar-refractivity contribution >= 4 is 19.6 Å². The number of aromatic carboxylic acids is 1. The number of ether oxygens (including phenoxy) is 1. The number of H-pyrrole nitrogens is 1. The highest BCUT2D eigenvalue weighted by Gasteiger charge is 2.27. The first-order chi connectivity index (χ1) is 11.8. The second-order valence-electron chi connectivity index (χ2n) is 8.25. The Morgan fingerprint density at radius 2 is 2.16 bits per heavy atom. The first-order valence-electron chi connectivity index (χ1n) is 9.41. The number of rotatable bonds is 10. The van der Waals surface area contributed by atoms with Gasteiger partial charge >= 0.3 is 5.97 Å². The number of hydrogen-bond donors (Lipinski definition) is 2. The molecule has 0 amide bonds. The minimum atomic E-state index is -1.12. The van der Waals surface area contributed by atoms with Crippen molar-refractivity contribution in [2.75, 3.05) is 13.2 Å². The molecule has 0 bridgehead atoms. The molecule has 0 aromatic carbocycles. The van der Waals surface area contributed by atoms with Crippen molar-refractivity contribution in [3.8, 4) is 0 Å². The van der Waals surface area contributed by atoms with Gasteiger partial charge in [0.25, 0.3) is 0 Å². The minimum Gasteiger partial charge on any atom is -0.476 e. The van der Waals surface area contributed by atoms with E-state index in [4.69, 9.17) is 4.74 Å². The van der Waals surface area contributed by atoms with Crippen LogP contribution in [0.15, 0.2) is 6.08 Å². The zero-order valence-corrected chi connectivity index (χ0v) is 17.0. The predicted octanol–water partition coefficient (Wildman–Crippen LogP) is 4.60. The lowest BCUT2D eigenvalue weighted by Gasteiger charge is -2.22. The van der Waals surface area contributed by atoms with Gasteiger partial charge in [0.05, 0.1) is 6.61 Å². The van der Waals surface area contributed by atoms with Gasteiger partial charge in [-0.3, -0.25) is 5.10 Å². The summed E-state index contributed by atoms with van der Waals surface area (Å²) in [5.74, 6) is -0.535. The minimum absolute atomic E-state index is 0.127. The number of hydrogen-bond acceptors (Lipinski definition) is 3. The zero-order chi connectivity index (χ0) is 18.4. The molecule has 0 saturated carbocycles. The van der Waals surface area contributed by atoms with Crippen molar-refractivity contribution in [1.82, 2.24) is 10.2 Å². The fourth-order valence-corrected chi connectivity index (χ4v) is 3.99. The summed E-state index contributed by atoms with van der Waals surface area (Å²) in [6.45, 7) is 10.4. The van der Waals surface area contributed by atoms with Crippen LogP contribution in [-0.2, 0) is 11.2 Å². The van der Waals surface area contributed by atoms with Crippen LogP contribution in [0.4, 0.5) is 0 Å². The molecule has 0 saturated heterocycles. The van der Waals surface area contributed by atoms with Crippen LogP contribution in [-0.4, -0.2) is 42.6 Å². The Bertz CT molecular complexity index is 617. The number of nitrogens with one attached hydrogen (secondary N) is 1. The number of carbonyl (C=O) groups is 1. The van der Waals surface area contributed by atoms with E-state index >= 15 is 0 Å². The van der Waals surface area contributed by atoms with E-state index in [1.54, 1.807) is 0 Å². The highest BCUT2D eigenvalue weighted by Crippen LogP contribution is 2.33. The topological polar surface area (TPSA) is 75.2 Å². The van der Waals surface area contributed by atoms with E-state index in [9.17, 15) is 9.90 Å². The van der Waals surface area contributed by atoms with E-state index < -0.39 is 14.0 Å². The molecule has 25 heavy (non-hydrogen) atoms. The molecule has 2 N–H and O–H groups in total. The van der Waals surface area contributed by atoms with E-state index in [-0.39, 0.29) is 5.69 Å². The number of unbranched alkanes of at least 4 members (excludes halogenated alkanes) is 2. The molecular formula is C19H32N2O3Si. The van der Waals surface area contributed by atoms with Gasteiger partial charge in [-0.25, -0.2) is 4.79 Å². The zero-order valence-electron chi connectivity index (χ0n) is 16.0. The first-order valence-corrected chi connectivity index (χ1v) is 13.1.